The Morgan fingerprint density at radius 2 is 2.06 bits per heavy atom. The summed E-state index contributed by atoms with van der Waals surface area (Å²) in [4.78, 5) is 50.8. The third kappa shape index (κ3) is 3.19. The number of carbonyl (C=O) groups excluding carboxylic acids is 1. The second kappa shape index (κ2) is 7.41. The van der Waals surface area contributed by atoms with Crippen molar-refractivity contribution in [3.63, 3.8) is 0 Å². The lowest BCUT2D eigenvalue weighted by molar-refractivity contribution is -0.149. The van der Waals surface area contributed by atoms with Crippen molar-refractivity contribution < 1.29 is 13.9 Å². The summed E-state index contributed by atoms with van der Waals surface area (Å²) < 4.78 is 12.2. The first-order chi connectivity index (χ1) is 15.3. The number of hydrogen-bond acceptors (Lipinski definition) is 8. The van der Waals surface area contributed by atoms with Gasteiger partial charge in [0.05, 0.1) is 11.7 Å². The fraction of sp³-hybridized carbons (Fsp3) is 0.227. The quantitative estimate of drug-likeness (QED) is 0.417. The third-order valence-corrected chi connectivity index (χ3v) is 6.50. The number of hydrogen-bond donors (Lipinski definition) is 1. The van der Waals surface area contributed by atoms with Crippen molar-refractivity contribution in [1.29, 1.82) is 0 Å². The number of nitrogens with zero attached hydrogens (tertiary/aromatic N) is 3. The van der Waals surface area contributed by atoms with Crippen molar-refractivity contribution in [2.75, 3.05) is 0 Å². The lowest BCUT2D eigenvalue weighted by Gasteiger charge is -2.13. The van der Waals surface area contributed by atoms with Gasteiger partial charge in [-0.3, -0.25) is 19.0 Å². The molecule has 0 saturated carbocycles. The van der Waals surface area contributed by atoms with Crippen LogP contribution in [0.25, 0.3) is 32.3 Å². The van der Waals surface area contributed by atoms with E-state index in [4.69, 9.17) is 9.15 Å². The Labute approximate surface area is 184 Å². The number of carbonyl (C=O) groups is 1. The summed E-state index contributed by atoms with van der Waals surface area (Å²) in [6.07, 6.45) is 0.489. The zero-order chi connectivity index (χ0) is 22.6. The summed E-state index contributed by atoms with van der Waals surface area (Å²) in [6, 6.07) is 7.20. The van der Waals surface area contributed by atoms with Crippen LogP contribution in [0.5, 0.6) is 0 Å². The zero-order valence-corrected chi connectivity index (χ0v) is 18.3. The molecule has 4 aromatic heterocycles. The second-order valence-corrected chi connectivity index (χ2v) is 8.70. The number of thiophene rings is 1. The van der Waals surface area contributed by atoms with Gasteiger partial charge in [0, 0.05) is 10.3 Å². The van der Waals surface area contributed by atoms with E-state index >= 15 is 0 Å². The van der Waals surface area contributed by atoms with E-state index in [9.17, 15) is 14.4 Å². The Hall–Kier alpha value is -3.79. The standard InChI is InChI=1S/C22H18N4O5S/c1-10-12(3)32-21-16(10)20(28)24-19(25-21)11(2)30-15(27)8-26-9-23-17-13-6-4-5-7-14(13)31-18(17)22(26)29/h4-7,9,11H,8H2,1-3H3,(H,24,25,28). The Morgan fingerprint density at radius 1 is 1.28 bits per heavy atom. The largest absolute Gasteiger partial charge is 0.453 e. The average Bonchev–Trinajstić information content (AvgIpc) is 3.28. The fourth-order valence-electron chi connectivity index (χ4n) is 3.62. The highest BCUT2D eigenvalue weighted by atomic mass is 32.1. The van der Waals surface area contributed by atoms with E-state index in [0.717, 1.165) is 20.4 Å². The molecule has 0 fully saturated rings. The van der Waals surface area contributed by atoms with Crippen LogP contribution in [-0.4, -0.2) is 25.5 Å². The minimum absolute atomic E-state index is 0.0782. The second-order valence-electron chi connectivity index (χ2n) is 7.50. The molecular weight excluding hydrogens is 432 g/mol. The Balaban J connectivity index is 1.40. The molecule has 0 radical (unpaired) electrons. The molecule has 0 amide bonds. The summed E-state index contributed by atoms with van der Waals surface area (Å²) in [6.45, 7) is 5.05. The number of aromatic amines is 1. The summed E-state index contributed by atoms with van der Waals surface area (Å²) in [5.74, 6) is -0.423. The van der Waals surface area contributed by atoms with Gasteiger partial charge in [-0.25, -0.2) is 9.97 Å². The highest BCUT2D eigenvalue weighted by molar-refractivity contribution is 7.18. The number of benzene rings is 1. The molecule has 32 heavy (non-hydrogen) atoms. The van der Waals surface area contributed by atoms with E-state index in [1.807, 2.05) is 26.0 Å². The van der Waals surface area contributed by atoms with Crippen LogP contribution in [-0.2, 0) is 16.1 Å². The van der Waals surface area contributed by atoms with Crippen molar-refractivity contribution in [3.8, 4) is 0 Å². The molecule has 0 aliphatic carbocycles. The smallest absolute Gasteiger partial charge is 0.326 e. The van der Waals surface area contributed by atoms with Crippen LogP contribution in [0.2, 0.25) is 0 Å². The number of nitrogens with one attached hydrogen (secondary N) is 1. The normalized spacial score (nSPS) is 12.6. The molecule has 4 heterocycles. The number of rotatable bonds is 4. The van der Waals surface area contributed by atoms with E-state index in [2.05, 4.69) is 15.0 Å². The van der Waals surface area contributed by atoms with Gasteiger partial charge in [-0.2, -0.15) is 0 Å². The molecule has 9 nitrogen and oxygen atoms in total. The van der Waals surface area contributed by atoms with Crippen LogP contribution in [0.4, 0.5) is 0 Å². The van der Waals surface area contributed by atoms with Gasteiger partial charge in [-0.15, -0.1) is 11.3 Å². The molecule has 1 unspecified atom stereocenters. The van der Waals surface area contributed by atoms with Gasteiger partial charge in [0.1, 0.15) is 22.5 Å². The van der Waals surface area contributed by atoms with Crippen LogP contribution < -0.4 is 11.1 Å². The maximum atomic E-state index is 12.8. The molecule has 0 aliphatic rings. The van der Waals surface area contributed by atoms with Gasteiger partial charge in [-0.1, -0.05) is 12.1 Å². The number of para-hydroxylation sites is 1. The number of fused-ring (bicyclic) bond motifs is 4. The van der Waals surface area contributed by atoms with Crippen LogP contribution in [0, 0.1) is 13.8 Å². The molecule has 0 saturated heterocycles. The molecule has 0 aliphatic heterocycles. The molecule has 0 spiro atoms. The van der Waals surface area contributed by atoms with Gasteiger partial charge in [0.2, 0.25) is 5.58 Å². The number of esters is 1. The maximum absolute atomic E-state index is 12.8. The number of ether oxygens (including phenoxy) is 1. The van der Waals surface area contributed by atoms with Crippen molar-refractivity contribution in [2.24, 2.45) is 0 Å². The van der Waals surface area contributed by atoms with Gasteiger partial charge in [0.25, 0.3) is 11.1 Å². The molecule has 5 aromatic rings. The van der Waals surface area contributed by atoms with E-state index in [0.29, 0.717) is 21.3 Å². The molecule has 1 aromatic carbocycles. The van der Waals surface area contributed by atoms with Crippen molar-refractivity contribution >= 4 is 49.6 Å². The lowest BCUT2D eigenvalue weighted by atomic mass is 10.2. The topological polar surface area (TPSA) is 120 Å². The number of H-pyrrole nitrogens is 1. The van der Waals surface area contributed by atoms with Gasteiger partial charge in [-0.05, 0) is 38.5 Å². The highest BCUT2D eigenvalue weighted by Crippen LogP contribution is 2.27. The van der Waals surface area contributed by atoms with E-state index in [1.165, 1.54) is 17.7 Å². The first-order valence-corrected chi connectivity index (χ1v) is 10.7. The van der Waals surface area contributed by atoms with Crippen LogP contribution in [0.3, 0.4) is 0 Å². The Bertz CT molecular complexity index is 1640. The van der Waals surface area contributed by atoms with Crippen LogP contribution in [0.15, 0.2) is 44.6 Å². The lowest BCUT2D eigenvalue weighted by Crippen LogP contribution is -2.26. The number of aromatic nitrogens is 4. The first-order valence-electron chi connectivity index (χ1n) is 9.89. The maximum Gasteiger partial charge on any atom is 0.326 e. The molecule has 1 N–H and O–H groups in total. The third-order valence-electron chi connectivity index (χ3n) is 5.40. The fourth-order valence-corrected chi connectivity index (χ4v) is 4.66. The predicted molar refractivity (Wildman–Crippen MR) is 120 cm³/mol. The molecule has 0 bridgehead atoms. The summed E-state index contributed by atoms with van der Waals surface area (Å²) in [7, 11) is 0. The zero-order valence-electron chi connectivity index (χ0n) is 17.5. The number of furan rings is 1. The predicted octanol–water partition coefficient (Wildman–Crippen LogP) is 3.36. The van der Waals surface area contributed by atoms with Crippen LogP contribution in [0.1, 0.15) is 29.3 Å². The molecule has 10 heteroatoms. The van der Waals surface area contributed by atoms with Crippen molar-refractivity contribution in [1.82, 2.24) is 19.5 Å². The first kappa shape index (κ1) is 20.1. The molecule has 5 rings (SSSR count). The highest BCUT2D eigenvalue weighted by Gasteiger charge is 2.20. The van der Waals surface area contributed by atoms with Crippen molar-refractivity contribution in [2.45, 2.75) is 33.4 Å². The van der Waals surface area contributed by atoms with Crippen molar-refractivity contribution in [3.05, 3.63) is 67.6 Å². The van der Waals surface area contributed by atoms with Gasteiger partial charge < -0.3 is 14.1 Å². The minimum Gasteiger partial charge on any atom is -0.453 e. The summed E-state index contributed by atoms with van der Waals surface area (Å²) in [5.41, 5.74) is 1.21. The van der Waals surface area contributed by atoms with Gasteiger partial charge in [0.15, 0.2) is 11.9 Å². The van der Waals surface area contributed by atoms with Gasteiger partial charge >= 0.3 is 5.97 Å². The summed E-state index contributed by atoms with van der Waals surface area (Å²) in [5, 5.41) is 1.28. The van der Waals surface area contributed by atoms with E-state index in [-0.39, 0.29) is 23.5 Å². The minimum atomic E-state index is -0.805. The molecular formula is C22H18N4O5S. The monoisotopic (exact) mass is 450 g/mol. The average molecular weight is 450 g/mol. The van der Waals surface area contributed by atoms with E-state index < -0.39 is 17.6 Å². The van der Waals surface area contributed by atoms with Crippen LogP contribution >= 0.6 is 11.3 Å². The Kier molecular flexibility index (Phi) is 4.66. The van der Waals surface area contributed by atoms with E-state index in [1.54, 1.807) is 19.1 Å². The number of aryl methyl sites for hydroxylation is 2. The molecule has 1 atom stereocenters. The Morgan fingerprint density at radius 3 is 2.88 bits per heavy atom. The molecule has 162 valence electrons. The SMILES string of the molecule is Cc1sc2nc(C(C)OC(=O)Cn3cnc4c(oc5ccccc54)c3=O)[nH]c(=O)c2c1C. The summed E-state index contributed by atoms with van der Waals surface area (Å²) >= 11 is 1.41.